The molecule has 7 aromatic rings. The molecule has 4 heteroatoms. The molecule has 6 aromatic carbocycles. The Labute approximate surface area is 275 Å². The number of aromatic nitrogens is 2. The van der Waals surface area contributed by atoms with Gasteiger partial charge in [-0.2, -0.15) is 5.10 Å². The summed E-state index contributed by atoms with van der Waals surface area (Å²) < 4.78 is 7.41. The molecule has 7 rings (SSSR count). The van der Waals surface area contributed by atoms with Crippen LogP contribution in [-0.4, -0.2) is 22.9 Å². The van der Waals surface area contributed by atoms with Gasteiger partial charge in [-0.25, -0.2) is 9.48 Å². The van der Waals surface area contributed by atoms with Crippen molar-refractivity contribution in [1.29, 1.82) is 0 Å². The average Bonchev–Trinajstić information content (AvgIpc) is 3.60. The van der Waals surface area contributed by atoms with Gasteiger partial charge in [-0.05, 0) is 39.4 Å². The lowest BCUT2D eigenvalue weighted by atomic mass is 9.67. The summed E-state index contributed by atoms with van der Waals surface area (Å²) in [6.07, 6.45) is 0. The first-order valence-electron chi connectivity index (χ1n) is 15.7. The van der Waals surface area contributed by atoms with E-state index in [0.717, 1.165) is 33.4 Å². The monoisotopic (exact) mass is 610 g/mol. The smallest absolute Gasteiger partial charge is 0.356 e. The summed E-state index contributed by atoms with van der Waals surface area (Å²) in [6, 6.07) is 63.9. The van der Waals surface area contributed by atoms with Gasteiger partial charge in [0, 0.05) is 0 Å². The predicted octanol–water partition coefficient (Wildman–Crippen LogP) is 8.89. The third-order valence-corrected chi connectivity index (χ3v) is 9.00. The lowest BCUT2D eigenvalue weighted by Gasteiger charge is -2.38. The Bertz CT molecular complexity index is 1870. The van der Waals surface area contributed by atoms with Crippen LogP contribution < -0.4 is 0 Å². The van der Waals surface area contributed by atoms with Crippen molar-refractivity contribution in [3.8, 4) is 0 Å². The Morgan fingerprint density at radius 3 is 1.09 bits per heavy atom. The van der Waals surface area contributed by atoms with Crippen molar-refractivity contribution >= 4 is 5.97 Å². The van der Waals surface area contributed by atoms with Crippen molar-refractivity contribution in [2.75, 3.05) is 7.11 Å². The van der Waals surface area contributed by atoms with E-state index < -0.39 is 16.9 Å². The van der Waals surface area contributed by atoms with Gasteiger partial charge in [0.1, 0.15) is 11.2 Å². The maximum absolute atomic E-state index is 14.0. The molecule has 0 aliphatic carbocycles. The second kappa shape index (κ2) is 12.8. The zero-order valence-corrected chi connectivity index (χ0v) is 26.1. The van der Waals surface area contributed by atoms with Crippen LogP contribution in [0, 0.1) is 0 Å². The fourth-order valence-corrected chi connectivity index (χ4v) is 6.98. The highest BCUT2D eigenvalue weighted by Gasteiger charge is 2.46. The maximum atomic E-state index is 14.0. The van der Waals surface area contributed by atoms with Gasteiger partial charge < -0.3 is 4.74 Å². The van der Waals surface area contributed by atoms with E-state index in [2.05, 4.69) is 109 Å². The second-order valence-corrected chi connectivity index (χ2v) is 11.5. The Morgan fingerprint density at radius 1 is 0.489 bits per heavy atom. The molecule has 0 saturated carbocycles. The topological polar surface area (TPSA) is 44.1 Å². The quantitative estimate of drug-likeness (QED) is 0.121. The largest absolute Gasteiger partial charge is 0.464 e. The Morgan fingerprint density at radius 2 is 0.787 bits per heavy atom. The summed E-state index contributed by atoms with van der Waals surface area (Å²) in [5.41, 5.74) is 5.12. The first-order chi connectivity index (χ1) is 23.2. The molecular formula is C43H34N2O2. The molecule has 0 spiro atoms. The fraction of sp³-hybridized carbons (Fsp3) is 0.0698. The number of carbonyl (C=O) groups is 1. The summed E-state index contributed by atoms with van der Waals surface area (Å²) in [7, 11) is 1.42. The van der Waals surface area contributed by atoms with Crippen molar-refractivity contribution in [2.45, 2.75) is 11.0 Å². The normalized spacial score (nSPS) is 11.6. The highest BCUT2D eigenvalue weighted by molar-refractivity contribution is 5.88. The van der Waals surface area contributed by atoms with Crippen molar-refractivity contribution < 1.29 is 9.53 Å². The lowest BCUT2D eigenvalue weighted by Crippen LogP contribution is -2.41. The fourth-order valence-electron chi connectivity index (χ4n) is 6.98. The third kappa shape index (κ3) is 4.95. The minimum atomic E-state index is -1.03. The molecule has 1 heterocycles. The molecule has 0 unspecified atom stereocenters. The molecule has 4 nitrogen and oxygen atoms in total. The number of ether oxygens (including phenoxy) is 1. The van der Waals surface area contributed by atoms with Crippen molar-refractivity contribution in [3.05, 3.63) is 233 Å². The van der Waals surface area contributed by atoms with Crippen molar-refractivity contribution in [1.82, 2.24) is 9.78 Å². The van der Waals surface area contributed by atoms with E-state index in [1.54, 1.807) is 0 Å². The molecule has 0 aliphatic heterocycles. The number of hydrogen-bond acceptors (Lipinski definition) is 3. The van der Waals surface area contributed by atoms with Crippen molar-refractivity contribution in [3.63, 3.8) is 0 Å². The number of rotatable bonds is 9. The molecular weight excluding hydrogens is 576 g/mol. The first kappa shape index (κ1) is 29.7. The zero-order chi connectivity index (χ0) is 32.1. The van der Waals surface area contributed by atoms with Crippen LogP contribution in [0.5, 0.6) is 0 Å². The second-order valence-electron chi connectivity index (χ2n) is 11.5. The molecule has 228 valence electrons. The molecule has 0 atom stereocenters. The van der Waals surface area contributed by atoms with E-state index in [-0.39, 0.29) is 0 Å². The molecule has 0 amide bonds. The van der Waals surface area contributed by atoms with Crippen molar-refractivity contribution in [2.24, 2.45) is 0 Å². The van der Waals surface area contributed by atoms with Crippen LogP contribution in [0.25, 0.3) is 0 Å². The van der Waals surface area contributed by atoms with Gasteiger partial charge in [0.2, 0.25) is 0 Å². The number of benzene rings is 6. The Balaban J connectivity index is 1.67. The standard InChI is InChI=1S/C43H34N2O2/c1-47-41(46)39-32-40(42(33-20-8-2-9-21-33,34-22-10-3-11-23-34)35-24-12-4-13-25-35)44-45(39)43(36-26-14-5-15-27-36,37-28-16-6-17-29-37)38-30-18-7-19-31-38/h2-32H,1H3. The summed E-state index contributed by atoms with van der Waals surface area (Å²) in [5, 5.41) is 5.60. The Hall–Kier alpha value is -6.00. The highest BCUT2D eigenvalue weighted by Crippen LogP contribution is 2.47. The van der Waals surface area contributed by atoms with Crippen LogP contribution >= 0.6 is 0 Å². The summed E-state index contributed by atoms with van der Waals surface area (Å²) in [5.74, 6) is -0.473. The molecule has 0 N–H and O–H groups in total. The number of hydrogen-bond donors (Lipinski definition) is 0. The number of esters is 1. The van der Waals surface area contributed by atoms with Gasteiger partial charge in [0.25, 0.3) is 0 Å². The predicted molar refractivity (Wildman–Crippen MR) is 186 cm³/mol. The minimum absolute atomic E-state index is 0.339. The van der Waals surface area contributed by atoms with E-state index in [4.69, 9.17) is 9.84 Å². The van der Waals surface area contributed by atoms with E-state index in [1.807, 2.05) is 83.5 Å². The van der Waals surface area contributed by atoms with Crippen LogP contribution in [0.2, 0.25) is 0 Å². The Kier molecular flexibility index (Phi) is 8.07. The highest BCUT2D eigenvalue weighted by atomic mass is 16.5. The van der Waals surface area contributed by atoms with E-state index >= 15 is 0 Å². The molecule has 0 saturated heterocycles. The minimum Gasteiger partial charge on any atom is -0.464 e. The van der Waals surface area contributed by atoms with Crippen LogP contribution in [0.4, 0.5) is 0 Å². The first-order valence-corrected chi connectivity index (χ1v) is 15.7. The molecule has 0 fully saturated rings. The van der Waals surface area contributed by atoms with Gasteiger partial charge in [-0.1, -0.05) is 182 Å². The average molecular weight is 611 g/mol. The number of carbonyl (C=O) groups excluding carboxylic acids is 1. The summed E-state index contributed by atoms with van der Waals surface area (Å²) >= 11 is 0. The van der Waals surface area contributed by atoms with Gasteiger partial charge in [0.05, 0.1) is 18.2 Å². The van der Waals surface area contributed by atoms with Gasteiger partial charge in [-0.15, -0.1) is 0 Å². The molecule has 0 bridgehead atoms. The molecule has 47 heavy (non-hydrogen) atoms. The maximum Gasteiger partial charge on any atom is 0.356 e. The van der Waals surface area contributed by atoms with E-state index in [1.165, 1.54) is 7.11 Å². The van der Waals surface area contributed by atoms with Crippen LogP contribution in [-0.2, 0) is 15.7 Å². The number of nitrogens with zero attached hydrogens (tertiary/aromatic N) is 2. The van der Waals surface area contributed by atoms with Crippen LogP contribution in [0.3, 0.4) is 0 Å². The van der Waals surface area contributed by atoms with E-state index in [0.29, 0.717) is 11.4 Å². The summed E-state index contributed by atoms with van der Waals surface area (Å²) in [6.45, 7) is 0. The number of methoxy groups -OCH3 is 1. The van der Waals surface area contributed by atoms with Gasteiger partial charge in [-0.3, -0.25) is 0 Å². The summed E-state index contributed by atoms with van der Waals surface area (Å²) in [4.78, 5) is 14.0. The zero-order valence-electron chi connectivity index (χ0n) is 26.1. The molecule has 0 aliphatic rings. The SMILES string of the molecule is COC(=O)c1cc(C(c2ccccc2)(c2ccccc2)c2ccccc2)nn1C(c1ccccc1)(c1ccccc1)c1ccccc1. The third-order valence-electron chi connectivity index (χ3n) is 9.00. The molecule has 0 radical (unpaired) electrons. The lowest BCUT2D eigenvalue weighted by molar-refractivity contribution is 0.0582. The molecule has 1 aromatic heterocycles. The van der Waals surface area contributed by atoms with Gasteiger partial charge >= 0.3 is 5.97 Å². The van der Waals surface area contributed by atoms with Gasteiger partial charge in [0.15, 0.2) is 0 Å². The van der Waals surface area contributed by atoms with Crippen LogP contribution in [0.15, 0.2) is 188 Å². The van der Waals surface area contributed by atoms with Crippen LogP contribution in [0.1, 0.15) is 49.6 Å². The van der Waals surface area contributed by atoms with E-state index in [9.17, 15) is 4.79 Å².